The molecule has 2 aromatic carbocycles. The molecule has 18 nitrogen and oxygen atoms in total. The molecule has 0 amide bonds. The number of imidazole rings is 1. The number of benzene rings is 2. The minimum Gasteiger partial charge on any atom is -0.756 e. The van der Waals surface area contributed by atoms with Crippen LogP contribution in [0.4, 0.5) is 5.82 Å². The summed E-state index contributed by atoms with van der Waals surface area (Å²) in [5, 5.41) is 32.4. The highest BCUT2D eigenvalue weighted by molar-refractivity contribution is 7.65. The van der Waals surface area contributed by atoms with Gasteiger partial charge in [-0.05, 0) is 35.0 Å². The summed E-state index contributed by atoms with van der Waals surface area (Å²) in [4.78, 5) is 50.9. The molecule has 4 unspecified atom stereocenters. The molecule has 0 aliphatic carbocycles. The van der Waals surface area contributed by atoms with E-state index in [1.165, 1.54) is 10.9 Å². The molecule has 0 bridgehead atoms. The molecule has 3 heterocycles. The monoisotopic (exact) mass is 628 g/mol. The molecule has 1 saturated heterocycles. The molecule has 2 aromatic heterocycles. The maximum atomic E-state index is 11.9. The Morgan fingerprint density at radius 3 is 2.49 bits per heavy atom. The Bertz CT molecular complexity index is 1870. The molecule has 0 saturated carbocycles. The van der Waals surface area contributed by atoms with Crippen molar-refractivity contribution in [3.63, 3.8) is 0 Å². The molecule has 41 heavy (non-hydrogen) atoms. The number of hydrogen-bond donors (Lipinski definition) is 4. The number of ether oxygens (including phenoxy) is 1. The van der Waals surface area contributed by atoms with Crippen molar-refractivity contribution in [2.24, 2.45) is 0 Å². The number of aliphatic hydroxyl groups excluding tert-OH is 2. The molecule has 1 fully saturated rings. The average molecular weight is 628 g/mol. The number of nitrogens with two attached hydrogens (primary N) is 1. The van der Waals surface area contributed by atoms with Crippen molar-refractivity contribution < 1.29 is 61.4 Å². The van der Waals surface area contributed by atoms with Gasteiger partial charge in [-0.2, -0.15) is 5.26 Å². The summed E-state index contributed by atoms with van der Waals surface area (Å²) < 4.78 is 51.9. The fourth-order valence-electron chi connectivity index (χ4n) is 4.38. The van der Waals surface area contributed by atoms with Gasteiger partial charge in [-0.1, -0.05) is 6.07 Å². The number of nitriles is 1. The third kappa shape index (κ3) is 6.05. The molecular formula is C20H17N5O13P3-3. The first kappa shape index (κ1) is 29.6. The van der Waals surface area contributed by atoms with E-state index in [9.17, 15) is 43.9 Å². The summed E-state index contributed by atoms with van der Waals surface area (Å²) in [6.45, 7) is -1.09. The number of aromatic nitrogens is 3. The zero-order valence-corrected chi connectivity index (χ0v) is 22.8. The molecule has 4 aromatic rings. The van der Waals surface area contributed by atoms with Gasteiger partial charge in [0.1, 0.15) is 23.8 Å². The second-order valence-electron chi connectivity index (χ2n) is 8.76. The Morgan fingerprint density at radius 1 is 1.07 bits per heavy atom. The van der Waals surface area contributed by atoms with Crippen molar-refractivity contribution in [2.75, 3.05) is 12.3 Å². The maximum absolute atomic E-state index is 11.9. The van der Waals surface area contributed by atoms with Crippen LogP contribution in [0.5, 0.6) is 0 Å². The highest BCUT2D eigenvalue weighted by atomic mass is 31.3. The molecule has 7 atom stereocenters. The number of anilines is 1. The van der Waals surface area contributed by atoms with Crippen LogP contribution in [0, 0.1) is 11.3 Å². The van der Waals surface area contributed by atoms with Crippen LogP contribution in [0.1, 0.15) is 11.8 Å². The first-order valence-corrected chi connectivity index (χ1v) is 15.6. The topological polar surface area (TPSA) is 299 Å². The number of nitrogens with zero attached hydrogens (tertiary/aromatic N) is 4. The standard InChI is InChI=1S/C20H20N5O13P3/c21-6-9-1-2-10-5-13-12(4-11(10)3-9)16-15(19(22)24-13)23-8-25(16)20-18(27)17(26)14(36-20)7-35-40(31,32)38-41(33,34)37-39(28,29)30/h1-5,8,14,17-18,20,26-27H,7H2,(H2,22,24)(H,31,32)(H,33,34)(H2,28,29,30)/p-3/t14-,17?,18+,20-/m1/s1. The van der Waals surface area contributed by atoms with E-state index in [0.29, 0.717) is 27.4 Å². The second-order valence-corrected chi connectivity index (χ2v) is 13.0. The zero-order valence-electron chi connectivity index (χ0n) is 20.1. The lowest BCUT2D eigenvalue weighted by molar-refractivity contribution is -0.250. The van der Waals surface area contributed by atoms with Crippen molar-refractivity contribution in [1.82, 2.24) is 14.5 Å². The summed E-state index contributed by atoms with van der Waals surface area (Å²) in [5.41, 5.74) is 7.47. The fourth-order valence-corrected chi connectivity index (χ4v) is 7.27. The van der Waals surface area contributed by atoms with Crippen molar-refractivity contribution >= 4 is 62.0 Å². The van der Waals surface area contributed by atoms with Gasteiger partial charge in [-0.15, -0.1) is 0 Å². The summed E-state index contributed by atoms with van der Waals surface area (Å²) in [5.74, 6) is 0.0337. The smallest absolute Gasteiger partial charge is 0.280 e. The van der Waals surface area contributed by atoms with Crippen LogP contribution in [0.2, 0.25) is 0 Å². The van der Waals surface area contributed by atoms with Crippen molar-refractivity contribution in [2.45, 2.75) is 24.5 Å². The van der Waals surface area contributed by atoms with Crippen LogP contribution in [-0.4, -0.2) is 54.6 Å². The average Bonchev–Trinajstić information content (AvgIpc) is 3.41. The highest BCUT2D eigenvalue weighted by Gasteiger charge is 2.45. The van der Waals surface area contributed by atoms with E-state index < -0.39 is 54.6 Å². The Labute approximate surface area is 228 Å². The molecule has 1 aliphatic rings. The Kier molecular flexibility index (Phi) is 7.56. The Morgan fingerprint density at radius 2 is 1.80 bits per heavy atom. The van der Waals surface area contributed by atoms with Crippen LogP contribution in [0.25, 0.3) is 32.7 Å². The van der Waals surface area contributed by atoms with E-state index >= 15 is 0 Å². The lowest BCUT2D eigenvalue weighted by Gasteiger charge is -2.33. The van der Waals surface area contributed by atoms with E-state index in [4.69, 9.17) is 15.4 Å². The minimum atomic E-state index is -6.13. The molecule has 5 rings (SSSR count). The van der Waals surface area contributed by atoms with Crippen molar-refractivity contribution in [3.05, 3.63) is 42.2 Å². The third-order valence-electron chi connectivity index (χ3n) is 6.03. The first-order valence-electron chi connectivity index (χ1n) is 11.2. The second kappa shape index (κ2) is 10.5. The minimum absolute atomic E-state index is 0.0337. The van der Waals surface area contributed by atoms with Crippen LogP contribution < -0.4 is 20.4 Å². The third-order valence-corrected chi connectivity index (χ3v) is 9.72. The number of phosphoric ester groups is 1. The van der Waals surface area contributed by atoms with Gasteiger partial charge in [0.15, 0.2) is 12.0 Å². The molecule has 1 aliphatic heterocycles. The number of rotatable bonds is 8. The Hall–Kier alpha value is -2.84. The van der Waals surface area contributed by atoms with Gasteiger partial charge < -0.3 is 49.3 Å². The van der Waals surface area contributed by atoms with E-state index in [1.807, 2.05) is 0 Å². The molecule has 21 heteroatoms. The lowest BCUT2D eigenvalue weighted by Crippen LogP contribution is -2.34. The number of pyridine rings is 1. The first-order chi connectivity index (χ1) is 19.1. The van der Waals surface area contributed by atoms with Gasteiger partial charge >= 0.3 is 0 Å². The fraction of sp³-hybridized carbons (Fsp3) is 0.250. The number of aliphatic hydroxyl groups is 2. The van der Waals surface area contributed by atoms with Crippen LogP contribution in [0.3, 0.4) is 0 Å². The van der Waals surface area contributed by atoms with Crippen molar-refractivity contribution in [1.29, 1.82) is 5.26 Å². The van der Waals surface area contributed by atoms with Gasteiger partial charge in [0.2, 0.25) is 0 Å². The number of fused-ring (bicyclic) bond motifs is 4. The van der Waals surface area contributed by atoms with E-state index in [-0.39, 0.29) is 11.3 Å². The van der Waals surface area contributed by atoms with Crippen molar-refractivity contribution in [3.8, 4) is 6.07 Å². The molecular weight excluding hydrogens is 611 g/mol. The zero-order chi connectivity index (χ0) is 29.9. The van der Waals surface area contributed by atoms with Crippen LogP contribution in [0.15, 0.2) is 36.7 Å². The molecule has 218 valence electrons. The summed E-state index contributed by atoms with van der Waals surface area (Å²) in [7, 11) is -17.9. The summed E-state index contributed by atoms with van der Waals surface area (Å²) in [6, 6.07) is 10.5. The van der Waals surface area contributed by atoms with Gasteiger partial charge in [-0.25, -0.2) is 18.6 Å². The normalized spacial score (nSPS) is 25.6. The summed E-state index contributed by atoms with van der Waals surface area (Å²) in [6.07, 6.45) is -5.21. The molecule has 5 N–H and O–H groups in total. The van der Waals surface area contributed by atoms with E-state index in [0.717, 1.165) is 5.39 Å². The van der Waals surface area contributed by atoms with E-state index in [1.54, 1.807) is 30.3 Å². The predicted octanol–water partition coefficient (Wildman–Crippen LogP) is -0.742. The van der Waals surface area contributed by atoms with E-state index in [2.05, 4.69) is 29.2 Å². The summed E-state index contributed by atoms with van der Waals surface area (Å²) >= 11 is 0. The molecule has 0 radical (unpaired) electrons. The predicted molar refractivity (Wildman–Crippen MR) is 131 cm³/mol. The van der Waals surface area contributed by atoms with Gasteiger partial charge in [0, 0.05) is 5.39 Å². The number of hydrogen-bond acceptors (Lipinski definition) is 16. The lowest BCUT2D eigenvalue weighted by atomic mass is 10.0. The van der Waals surface area contributed by atoms with Crippen LogP contribution in [-0.2, 0) is 31.6 Å². The number of nitrogen functional groups attached to an aromatic ring is 1. The SMILES string of the molecule is N#Cc1ccc2cc3nc(N)c4ncn([C@@H]5O[C@H](COP(=O)([O-])OP(=O)([O-])OP(=O)([O-])O)C(O)[C@@H]5O)c4c3cc2c1. The largest absolute Gasteiger partial charge is 0.756 e. The highest BCUT2D eigenvalue weighted by Crippen LogP contribution is 2.61. The molecule has 0 spiro atoms. The van der Waals surface area contributed by atoms with Gasteiger partial charge in [-0.3, -0.25) is 13.7 Å². The van der Waals surface area contributed by atoms with Gasteiger partial charge in [0.25, 0.3) is 23.5 Å². The maximum Gasteiger partial charge on any atom is 0.280 e. The van der Waals surface area contributed by atoms with Gasteiger partial charge in [0.05, 0.1) is 35.6 Å². The quantitative estimate of drug-likeness (QED) is 0.138. The number of phosphoric acid groups is 3. The Balaban J connectivity index is 1.44. The van der Waals surface area contributed by atoms with Crippen LogP contribution >= 0.6 is 23.5 Å².